The van der Waals surface area contributed by atoms with Gasteiger partial charge in [0.1, 0.15) is 5.69 Å². The molecule has 3 heterocycles. The number of aromatic nitrogens is 3. The predicted octanol–water partition coefficient (Wildman–Crippen LogP) is 3.74. The summed E-state index contributed by atoms with van der Waals surface area (Å²) in [6.45, 7) is 5.42. The summed E-state index contributed by atoms with van der Waals surface area (Å²) < 4.78 is 16.8. The van der Waals surface area contributed by atoms with Crippen molar-refractivity contribution >= 4 is 5.91 Å². The van der Waals surface area contributed by atoms with E-state index < -0.39 is 0 Å². The van der Waals surface area contributed by atoms with Crippen LogP contribution in [-0.4, -0.2) is 34.2 Å². The van der Waals surface area contributed by atoms with Crippen LogP contribution in [0, 0.1) is 5.92 Å². The monoisotopic (exact) mass is 422 g/mol. The number of pyridine rings is 1. The second-order valence-corrected chi connectivity index (χ2v) is 7.77. The normalized spacial score (nSPS) is 14.2. The fourth-order valence-electron chi connectivity index (χ4n) is 3.43. The summed E-state index contributed by atoms with van der Waals surface area (Å²) in [5, 5.41) is 7.07. The standard InChI is InChI=1S/C23H26N4O4/c1-15(2)22(16-7-8-18-19(14-16)30-13-5-12-29-18)25-20(28)9-10-21-26-23(27-31-21)17-6-3-4-11-24-17/h3-4,6-8,11,14-15,22H,5,9-10,12-13H2,1-2H3,(H,25,28)/t22-/m0/s1. The average molecular weight is 422 g/mol. The third kappa shape index (κ3) is 5.20. The van der Waals surface area contributed by atoms with E-state index in [2.05, 4.69) is 34.3 Å². The van der Waals surface area contributed by atoms with Crippen molar-refractivity contribution in [2.75, 3.05) is 13.2 Å². The number of hydrogen-bond acceptors (Lipinski definition) is 7. The average Bonchev–Trinajstić information content (AvgIpc) is 3.14. The third-order valence-electron chi connectivity index (χ3n) is 5.04. The Morgan fingerprint density at radius 1 is 1.13 bits per heavy atom. The van der Waals surface area contributed by atoms with E-state index in [0.717, 1.165) is 23.5 Å². The third-order valence-corrected chi connectivity index (χ3v) is 5.04. The second kappa shape index (κ2) is 9.59. The number of hydrogen-bond donors (Lipinski definition) is 1. The van der Waals surface area contributed by atoms with Crippen LogP contribution in [0.2, 0.25) is 0 Å². The van der Waals surface area contributed by atoms with E-state index in [4.69, 9.17) is 14.0 Å². The molecule has 31 heavy (non-hydrogen) atoms. The van der Waals surface area contributed by atoms with Gasteiger partial charge in [-0.15, -0.1) is 0 Å². The second-order valence-electron chi connectivity index (χ2n) is 7.77. The highest BCUT2D eigenvalue weighted by molar-refractivity contribution is 5.76. The first-order valence-corrected chi connectivity index (χ1v) is 10.5. The van der Waals surface area contributed by atoms with Crippen molar-refractivity contribution in [1.82, 2.24) is 20.4 Å². The van der Waals surface area contributed by atoms with Gasteiger partial charge in [-0.2, -0.15) is 4.98 Å². The molecule has 8 nitrogen and oxygen atoms in total. The van der Waals surface area contributed by atoms with Gasteiger partial charge >= 0.3 is 0 Å². The molecule has 4 rings (SSSR count). The van der Waals surface area contributed by atoms with Gasteiger partial charge in [-0.1, -0.05) is 31.1 Å². The molecule has 1 aliphatic heterocycles. The summed E-state index contributed by atoms with van der Waals surface area (Å²) in [7, 11) is 0. The molecule has 0 bridgehead atoms. The van der Waals surface area contributed by atoms with Crippen molar-refractivity contribution in [3.8, 4) is 23.0 Å². The number of aryl methyl sites for hydroxylation is 1. The van der Waals surface area contributed by atoms with Gasteiger partial charge in [0.15, 0.2) is 11.5 Å². The lowest BCUT2D eigenvalue weighted by atomic mass is 9.95. The molecule has 2 aromatic heterocycles. The zero-order valence-corrected chi connectivity index (χ0v) is 17.7. The SMILES string of the molecule is CC(C)[C@H](NC(=O)CCc1nc(-c2ccccn2)no1)c1ccc2c(c1)OCCCO2. The van der Waals surface area contributed by atoms with Gasteiger partial charge in [0.25, 0.3) is 0 Å². The van der Waals surface area contributed by atoms with Crippen LogP contribution < -0.4 is 14.8 Å². The number of fused-ring (bicyclic) bond motifs is 1. The van der Waals surface area contributed by atoms with Crippen molar-refractivity contribution in [3.63, 3.8) is 0 Å². The predicted molar refractivity (Wildman–Crippen MR) is 114 cm³/mol. The largest absolute Gasteiger partial charge is 0.490 e. The van der Waals surface area contributed by atoms with E-state index in [1.54, 1.807) is 6.20 Å². The van der Waals surface area contributed by atoms with Gasteiger partial charge < -0.3 is 19.3 Å². The molecule has 0 aliphatic carbocycles. The molecule has 1 amide bonds. The van der Waals surface area contributed by atoms with Gasteiger partial charge in [0.2, 0.25) is 17.6 Å². The highest BCUT2D eigenvalue weighted by Gasteiger charge is 2.21. The minimum Gasteiger partial charge on any atom is -0.490 e. The Labute approximate surface area is 181 Å². The van der Waals surface area contributed by atoms with Crippen LogP contribution in [-0.2, 0) is 11.2 Å². The summed E-state index contributed by atoms with van der Waals surface area (Å²) in [4.78, 5) is 21.2. The molecule has 0 unspecified atom stereocenters. The summed E-state index contributed by atoms with van der Waals surface area (Å²) in [6.07, 6.45) is 3.13. The van der Waals surface area contributed by atoms with E-state index >= 15 is 0 Å². The molecule has 0 fully saturated rings. The lowest BCUT2D eigenvalue weighted by Gasteiger charge is -2.24. The first-order chi connectivity index (χ1) is 15.1. The van der Waals surface area contributed by atoms with Crippen LogP contribution in [0.4, 0.5) is 0 Å². The number of benzene rings is 1. The number of nitrogens with zero attached hydrogens (tertiary/aromatic N) is 3. The molecule has 3 aromatic rings. The topological polar surface area (TPSA) is 99.4 Å². The van der Waals surface area contributed by atoms with Gasteiger partial charge in [0, 0.05) is 25.5 Å². The van der Waals surface area contributed by atoms with E-state index in [0.29, 0.717) is 37.0 Å². The number of carbonyl (C=O) groups excluding carboxylic acids is 1. The fraction of sp³-hybridized carbons (Fsp3) is 0.391. The Hall–Kier alpha value is -3.42. The number of carbonyl (C=O) groups is 1. The molecule has 1 atom stereocenters. The maximum Gasteiger partial charge on any atom is 0.227 e. The molecule has 0 radical (unpaired) electrons. The molecule has 8 heteroatoms. The van der Waals surface area contributed by atoms with Gasteiger partial charge in [-0.25, -0.2) is 0 Å². The zero-order valence-electron chi connectivity index (χ0n) is 17.7. The lowest BCUT2D eigenvalue weighted by molar-refractivity contribution is -0.122. The van der Waals surface area contributed by atoms with Gasteiger partial charge in [0.05, 0.1) is 19.3 Å². The van der Waals surface area contributed by atoms with Crippen LogP contribution in [0.15, 0.2) is 47.1 Å². The number of nitrogens with one attached hydrogen (secondary N) is 1. The first kappa shape index (κ1) is 20.8. The Morgan fingerprint density at radius 2 is 1.97 bits per heavy atom. The summed E-state index contributed by atoms with van der Waals surface area (Å²) in [5.41, 5.74) is 1.62. The van der Waals surface area contributed by atoms with Crippen molar-refractivity contribution in [1.29, 1.82) is 0 Å². The number of amides is 1. The number of ether oxygens (including phenoxy) is 2. The van der Waals surface area contributed by atoms with Crippen LogP contribution in [0.5, 0.6) is 11.5 Å². The highest BCUT2D eigenvalue weighted by Crippen LogP contribution is 2.34. The minimum absolute atomic E-state index is 0.0802. The van der Waals surface area contributed by atoms with Gasteiger partial charge in [-0.05, 0) is 35.7 Å². The maximum absolute atomic E-state index is 12.7. The van der Waals surface area contributed by atoms with Crippen LogP contribution in [0.3, 0.4) is 0 Å². The summed E-state index contributed by atoms with van der Waals surface area (Å²) in [5.74, 6) is 2.42. The minimum atomic E-state index is -0.142. The molecule has 1 aromatic carbocycles. The van der Waals surface area contributed by atoms with E-state index in [9.17, 15) is 4.79 Å². The maximum atomic E-state index is 12.7. The zero-order chi connectivity index (χ0) is 21.6. The number of rotatable bonds is 7. The molecule has 0 saturated carbocycles. The Kier molecular flexibility index (Phi) is 6.45. The van der Waals surface area contributed by atoms with Crippen LogP contribution in [0.1, 0.15) is 44.2 Å². The van der Waals surface area contributed by atoms with Crippen molar-refractivity contribution in [2.24, 2.45) is 5.92 Å². The Bertz CT molecular complexity index is 1020. The lowest BCUT2D eigenvalue weighted by Crippen LogP contribution is -2.32. The first-order valence-electron chi connectivity index (χ1n) is 10.5. The van der Waals surface area contributed by atoms with Crippen LogP contribution in [0.25, 0.3) is 11.5 Å². The molecule has 0 saturated heterocycles. The quantitative estimate of drug-likeness (QED) is 0.619. The van der Waals surface area contributed by atoms with Crippen molar-refractivity contribution in [3.05, 3.63) is 54.0 Å². The molecular weight excluding hydrogens is 396 g/mol. The van der Waals surface area contributed by atoms with Crippen molar-refractivity contribution in [2.45, 2.75) is 39.2 Å². The van der Waals surface area contributed by atoms with Crippen LogP contribution >= 0.6 is 0 Å². The fourth-order valence-corrected chi connectivity index (χ4v) is 3.43. The molecule has 1 aliphatic rings. The smallest absolute Gasteiger partial charge is 0.227 e. The Balaban J connectivity index is 1.38. The molecule has 1 N–H and O–H groups in total. The molecule has 0 spiro atoms. The van der Waals surface area contributed by atoms with E-state index in [1.807, 2.05) is 36.4 Å². The highest BCUT2D eigenvalue weighted by atomic mass is 16.5. The van der Waals surface area contributed by atoms with E-state index in [-0.39, 0.29) is 24.3 Å². The summed E-state index contributed by atoms with van der Waals surface area (Å²) >= 11 is 0. The molecule has 162 valence electrons. The van der Waals surface area contributed by atoms with E-state index in [1.165, 1.54) is 0 Å². The molecular formula is C23H26N4O4. The Morgan fingerprint density at radius 3 is 2.74 bits per heavy atom. The van der Waals surface area contributed by atoms with Gasteiger partial charge in [-0.3, -0.25) is 9.78 Å². The van der Waals surface area contributed by atoms with Crippen molar-refractivity contribution < 1.29 is 18.8 Å². The summed E-state index contributed by atoms with van der Waals surface area (Å²) in [6, 6.07) is 11.2.